The minimum atomic E-state index is -0.639. The van der Waals surface area contributed by atoms with Crippen molar-refractivity contribution in [3.63, 3.8) is 0 Å². The number of aryl methyl sites for hydroxylation is 2. The van der Waals surface area contributed by atoms with Crippen LogP contribution in [0.15, 0.2) is 42.6 Å². The third kappa shape index (κ3) is 4.15. The van der Waals surface area contributed by atoms with Gasteiger partial charge in [0.2, 0.25) is 0 Å². The van der Waals surface area contributed by atoms with Gasteiger partial charge >= 0.3 is 11.8 Å². The molecular weight excluding hydrogens is 316 g/mol. The summed E-state index contributed by atoms with van der Waals surface area (Å²) in [6.07, 6.45) is 1.65. The molecule has 1 saturated heterocycles. The second kappa shape index (κ2) is 7.34. The van der Waals surface area contributed by atoms with Gasteiger partial charge in [-0.05, 0) is 43.2 Å². The number of anilines is 2. The SMILES string of the molecule is Cc1ccc(NC(=O)C(=O)N2CCN(c3cccc(C)c3)CC2)nc1. The van der Waals surface area contributed by atoms with Crippen molar-refractivity contribution in [2.24, 2.45) is 0 Å². The second-order valence-electron chi connectivity index (χ2n) is 6.29. The topological polar surface area (TPSA) is 65.5 Å². The molecule has 6 heteroatoms. The lowest BCUT2D eigenvalue weighted by atomic mass is 10.2. The van der Waals surface area contributed by atoms with E-state index in [4.69, 9.17) is 0 Å². The Balaban J connectivity index is 1.55. The van der Waals surface area contributed by atoms with Crippen LogP contribution in [0, 0.1) is 13.8 Å². The Morgan fingerprint density at radius 2 is 1.76 bits per heavy atom. The average Bonchev–Trinajstić information content (AvgIpc) is 2.63. The van der Waals surface area contributed by atoms with Crippen LogP contribution >= 0.6 is 0 Å². The zero-order valence-corrected chi connectivity index (χ0v) is 14.5. The van der Waals surface area contributed by atoms with Crippen molar-refractivity contribution in [1.82, 2.24) is 9.88 Å². The van der Waals surface area contributed by atoms with Gasteiger partial charge in [0.05, 0.1) is 0 Å². The van der Waals surface area contributed by atoms with E-state index in [1.54, 1.807) is 17.2 Å². The summed E-state index contributed by atoms with van der Waals surface area (Å²) < 4.78 is 0. The zero-order chi connectivity index (χ0) is 17.8. The Bertz CT molecular complexity index is 765. The molecule has 1 aliphatic heterocycles. The molecular formula is C19H22N4O2. The number of carbonyl (C=O) groups excluding carboxylic acids is 2. The molecule has 6 nitrogen and oxygen atoms in total. The quantitative estimate of drug-likeness (QED) is 0.851. The van der Waals surface area contributed by atoms with Crippen molar-refractivity contribution in [3.8, 4) is 0 Å². The zero-order valence-electron chi connectivity index (χ0n) is 14.5. The molecule has 2 aromatic rings. The summed E-state index contributed by atoms with van der Waals surface area (Å²) in [5.74, 6) is -0.756. The van der Waals surface area contributed by atoms with Crippen LogP contribution in [0.25, 0.3) is 0 Å². The molecule has 3 rings (SSSR count). The highest BCUT2D eigenvalue weighted by molar-refractivity contribution is 6.39. The summed E-state index contributed by atoms with van der Waals surface area (Å²) in [5.41, 5.74) is 3.36. The van der Waals surface area contributed by atoms with E-state index in [0.717, 1.165) is 11.3 Å². The van der Waals surface area contributed by atoms with Gasteiger partial charge in [-0.2, -0.15) is 0 Å². The first-order valence-corrected chi connectivity index (χ1v) is 8.37. The average molecular weight is 338 g/mol. The Kier molecular flexibility index (Phi) is 4.97. The Labute approximate surface area is 147 Å². The highest BCUT2D eigenvalue weighted by Crippen LogP contribution is 2.18. The van der Waals surface area contributed by atoms with Gasteiger partial charge in [0.15, 0.2) is 0 Å². The minimum absolute atomic E-state index is 0.391. The van der Waals surface area contributed by atoms with Gasteiger partial charge < -0.3 is 15.1 Å². The number of hydrogen-bond acceptors (Lipinski definition) is 4. The molecule has 0 bridgehead atoms. The second-order valence-corrected chi connectivity index (χ2v) is 6.29. The van der Waals surface area contributed by atoms with E-state index in [1.165, 1.54) is 5.56 Å². The predicted molar refractivity (Wildman–Crippen MR) is 97.6 cm³/mol. The third-order valence-electron chi connectivity index (χ3n) is 4.28. The summed E-state index contributed by atoms with van der Waals surface area (Å²) in [7, 11) is 0. The lowest BCUT2D eigenvalue weighted by molar-refractivity contribution is -0.143. The first kappa shape index (κ1) is 17.0. The Morgan fingerprint density at radius 1 is 1.00 bits per heavy atom. The molecule has 1 aromatic heterocycles. The fourth-order valence-electron chi connectivity index (χ4n) is 2.85. The number of rotatable bonds is 2. The fraction of sp³-hybridized carbons (Fsp3) is 0.316. The molecule has 1 N–H and O–H groups in total. The lowest BCUT2D eigenvalue weighted by Crippen LogP contribution is -2.51. The van der Waals surface area contributed by atoms with E-state index in [9.17, 15) is 9.59 Å². The number of piperazine rings is 1. The molecule has 1 fully saturated rings. The monoisotopic (exact) mass is 338 g/mol. The van der Waals surface area contributed by atoms with Crippen molar-refractivity contribution in [2.75, 3.05) is 36.4 Å². The smallest absolute Gasteiger partial charge is 0.315 e. The molecule has 1 aliphatic rings. The van der Waals surface area contributed by atoms with Gasteiger partial charge in [0.25, 0.3) is 0 Å². The first-order valence-electron chi connectivity index (χ1n) is 8.37. The molecule has 0 radical (unpaired) electrons. The first-order chi connectivity index (χ1) is 12.0. The number of nitrogens with one attached hydrogen (secondary N) is 1. The Morgan fingerprint density at radius 3 is 2.40 bits per heavy atom. The largest absolute Gasteiger partial charge is 0.368 e. The number of aromatic nitrogens is 1. The highest BCUT2D eigenvalue weighted by atomic mass is 16.2. The number of carbonyl (C=O) groups is 2. The van der Waals surface area contributed by atoms with Crippen LogP contribution in [0.5, 0.6) is 0 Å². The summed E-state index contributed by atoms with van der Waals surface area (Å²) in [5, 5.41) is 2.56. The summed E-state index contributed by atoms with van der Waals surface area (Å²) in [4.78, 5) is 32.4. The van der Waals surface area contributed by atoms with Crippen molar-refractivity contribution in [3.05, 3.63) is 53.7 Å². The standard InChI is InChI=1S/C19H22N4O2/c1-14-4-3-5-16(12-14)22-8-10-23(11-9-22)19(25)18(24)21-17-7-6-15(2)13-20-17/h3-7,12-13H,8-11H2,1-2H3,(H,20,21,24). The predicted octanol–water partition coefficient (Wildman–Crippen LogP) is 1.99. The maximum absolute atomic E-state index is 12.3. The number of pyridine rings is 1. The van der Waals surface area contributed by atoms with Gasteiger partial charge in [-0.1, -0.05) is 18.2 Å². The highest BCUT2D eigenvalue weighted by Gasteiger charge is 2.26. The molecule has 2 heterocycles. The van der Waals surface area contributed by atoms with Gasteiger partial charge in [0, 0.05) is 38.1 Å². The molecule has 0 aliphatic carbocycles. The fourth-order valence-corrected chi connectivity index (χ4v) is 2.85. The third-order valence-corrected chi connectivity index (χ3v) is 4.28. The van der Waals surface area contributed by atoms with Gasteiger partial charge in [-0.25, -0.2) is 4.98 Å². The van der Waals surface area contributed by atoms with Crippen molar-refractivity contribution >= 4 is 23.3 Å². The normalized spacial score (nSPS) is 14.3. The van der Waals surface area contributed by atoms with Crippen LogP contribution in [-0.2, 0) is 9.59 Å². The molecule has 0 spiro atoms. The number of amides is 2. The number of benzene rings is 1. The molecule has 25 heavy (non-hydrogen) atoms. The van der Waals surface area contributed by atoms with E-state index < -0.39 is 11.8 Å². The van der Waals surface area contributed by atoms with E-state index >= 15 is 0 Å². The summed E-state index contributed by atoms with van der Waals surface area (Å²) in [6, 6.07) is 11.8. The molecule has 0 saturated carbocycles. The number of nitrogens with zero attached hydrogens (tertiary/aromatic N) is 3. The van der Waals surface area contributed by atoms with Crippen LogP contribution in [0.3, 0.4) is 0 Å². The van der Waals surface area contributed by atoms with Crippen LogP contribution < -0.4 is 10.2 Å². The summed E-state index contributed by atoms with van der Waals surface area (Å²) >= 11 is 0. The molecule has 0 atom stereocenters. The van der Waals surface area contributed by atoms with E-state index in [2.05, 4.69) is 40.3 Å². The van der Waals surface area contributed by atoms with E-state index in [0.29, 0.717) is 32.0 Å². The van der Waals surface area contributed by atoms with Crippen LogP contribution in [0.2, 0.25) is 0 Å². The van der Waals surface area contributed by atoms with Crippen molar-refractivity contribution < 1.29 is 9.59 Å². The maximum atomic E-state index is 12.3. The Hall–Kier alpha value is -2.89. The minimum Gasteiger partial charge on any atom is -0.368 e. The molecule has 0 unspecified atom stereocenters. The van der Waals surface area contributed by atoms with Crippen molar-refractivity contribution in [2.45, 2.75) is 13.8 Å². The van der Waals surface area contributed by atoms with Crippen molar-refractivity contribution in [1.29, 1.82) is 0 Å². The maximum Gasteiger partial charge on any atom is 0.315 e. The van der Waals surface area contributed by atoms with Crippen LogP contribution in [-0.4, -0.2) is 47.9 Å². The van der Waals surface area contributed by atoms with E-state index in [1.807, 2.05) is 19.1 Å². The molecule has 130 valence electrons. The van der Waals surface area contributed by atoms with Gasteiger partial charge in [0.1, 0.15) is 5.82 Å². The lowest BCUT2D eigenvalue weighted by Gasteiger charge is -2.35. The van der Waals surface area contributed by atoms with Crippen LogP contribution in [0.4, 0.5) is 11.5 Å². The van der Waals surface area contributed by atoms with Gasteiger partial charge in [-0.15, -0.1) is 0 Å². The van der Waals surface area contributed by atoms with E-state index in [-0.39, 0.29) is 0 Å². The molecule has 2 amide bonds. The summed E-state index contributed by atoms with van der Waals surface area (Å²) in [6.45, 7) is 6.46. The number of hydrogen-bond donors (Lipinski definition) is 1. The van der Waals surface area contributed by atoms with Crippen LogP contribution in [0.1, 0.15) is 11.1 Å². The van der Waals surface area contributed by atoms with Gasteiger partial charge in [-0.3, -0.25) is 9.59 Å². The molecule has 1 aromatic carbocycles.